The fourth-order valence-corrected chi connectivity index (χ4v) is 2.30. The summed E-state index contributed by atoms with van der Waals surface area (Å²) in [7, 11) is 1.32. The zero-order valence-electron chi connectivity index (χ0n) is 13.0. The van der Waals surface area contributed by atoms with Gasteiger partial charge in [0.2, 0.25) is 5.91 Å². The van der Waals surface area contributed by atoms with E-state index in [1.807, 2.05) is 0 Å². The van der Waals surface area contributed by atoms with E-state index in [0.717, 1.165) is 12.8 Å². The first-order valence-electron chi connectivity index (χ1n) is 7.48. The second-order valence-electron chi connectivity index (χ2n) is 5.51. The Kier molecular flexibility index (Phi) is 4.66. The number of nitrogens with one attached hydrogen (secondary N) is 2. The molecule has 2 N–H and O–H groups in total. The van der Waals surface area contributed by atoms with Crippen molar-refractivity contribution in [3.05, 3.63) is 47.1 Å². The van der Waals surface area contributed by atoms with Crippen LogP contribution in [0.2, 0.25) is 5.02 Å². The van der Waals surface area contributed by atoms with Crippen LogP contribution in [0.3, 0.4) is 0 Å². The maximum Gasteiger partial charge on any atom is 0.337 e. The van der Waals surface area contributed by atoms with Gasteiger partial charge in [-0.2, -0.15) is 0 Å². The van der Waals surface area contributed by atoms with Gasteiger partial charge >= 0.3 is 5.97 Å². The predicted octanol–water partition coefficient (Wildman–Crippen LogP) is 3.61. The van der Waals surface area contributed by atoms with Crippen molar-refractivity contribution in [3.63, 3.8) is 0 Å². The second-order valence-corrected chi connectivity index (χ2v) is 5.91. The van der Waals surface area contributed by atoms with E-state index in [4.69, 9.17) is 16.3 Å². The molecule has 7 heteroatoms. The number of esters is 1. The van der Waals surface area contributed by atoms with Gasteiger partial charge in [0, 0.05) is 5.92 Å². The van der Waals surface area contributed by atoms with Crippen molar-refractivity contribution in [1.82, 2.24) is 4.98 Å². The molecule has 0 aliphatic heterocycles. The molecule has 1 heterocycles. The van der Waals surface area contributed by atoms with Gasteiger partial charge < -0.3 is 15.4 Å². The smallest absolute Gasteiger partial charge is 0.337 e. The average Bonchev–Trinajstić information content (AvgIpc) is 3.43. The molecule has 124 valence electrons. The molecule has 1 aromatic heterocycles. The van der Waals surface area contributed by atoms with E-state index in [2.05, 4.69) is 15.6 Å². The van der Waals surface area contributed by atoms with Gasteiger partial charge in [-0.3, -0.25) is 4.79 Å². The summed E-state index contributed by atoms with van der Waals surface area (Å²) in [5.41, 5.74) is 1.58. The first-order valence-corrected chi connectivity index (χ1v) is 7.86. The maximum absolute atomic E-state index is 11.7. The molecule has 1 aromatic carbocycles. The normalized spacial score (nSPS) is 13.2. The molecule has 1 aliphatic carbocycles. The second kappa shape index (κ2) is 6.88. The number of carbonyl (C=O) groups is 2. The highest BCUT2D eigenvalue weighted by atomic mass is 35.5. The van der Waals surface area contributed by atoms with Crippen LogP contribution in [-0.2, 0) is 9.53 Å². The molecule has 0 atom stereocenters. The van der Waals surface area contributed by atoms with E-state index in [0.29, 0.717) is 27.8 Å². The Morgan fingerprint density at radius 2 is 2.04 bits per heavy atom. The molecule has 3 rings (SSSR count). The molecule has 0 radical (unpaired) electrons. The lowest BCUT2D eigenvalue weighted by atomic mass is 10.2. The number of methoxy groups -OCH3 is 1. The van der Waals surface area contributed by atoms with Crippen molar-refractivity contribution in [2.75, 3.05) is 17.7 Å². The summed E-state index contributed by atoms with van der Waals surface area (Å²) in [6.45, 7) is 0. The van der Waals surface area contributed by atoms with Crippen molar-refractivity contribution < 1.29 is 14.3 Å². The van der Waals surface area contributed by atoms with Gasteiger partial charge in [-0.15, -0.1) is 0 Å². The molecule has 24 heavy (non-hydrogen) atoms. The van der Waals surface area contributed by atoms with Gasteiger partial charge in [-0.05, 0) is 43.2 Å². The Balaban J connectivity index is 1.71. The predicted molar refractivity (Wildman–Crippen MR) is 91.7 cm³/mol. The first kappa shape index (κ1) is 16.3. The topological polar surface area (TPSA) is 80.3 Å². The third-order valence-electron chi connectivity index (χ3n) is 3.63. The Bertz CT molecular complexity index is 773. The highest BCUT2D eigenvalue weighted by Crippen LogP contribution is 2.30. The number of nitrogens with zero attached hydrogens (tertiary/aromatic N) is 1. The zero-order chi connectivity index (χ0) is 17.1. The van der Waals surface area contributed by atoms with Crippen LogP contribution in [0.4, 0.5) is 17.2 Å². The third kappa shape index (κ3) is 3.83. The van der Waals surface area contributed by atoms with Gasteiger partial charge in [-0.1, -0.05) is 11.6 Å². The van der Waals surface area contributed by atoms with Crippen LogP contribution in [-0.4, -0.2) is 24.0 Å². The number of carbonyl (C=O) groups excluding carboxylic acids is 2. The van der Waals surface area contributed by atoms with Crippen LogP contribution in [0.25, 0.3) is 0 Å². The molecular weight excluding hydrogens is 330 g/mol. The summed E-state index contributed by atoms with van der Waals surface area (Å²) >= 11 is 6.14. The number of benzene rings is 1. The number of ether oxygens (including phenoxy) is 1. The molecule has 1 aliphatic rings. The number of halogens is 1. The molecule has 1 amide bonds. The number of hydrogen-bond donors (Lipinski definition) is 2. The van der Waals surface area contributed by atoms with Crippen LogP contribution in [0.5, 0.6) is 0 Å². The molecular formula is C17H16ClN3O3. The number of anilines is 3. The largest absolute Gasteiger partial charge is 0.465 e. The van der Waals surface area contributed by atoms with Crippen LogP contribution >= 0.6 is 11.6 Å². The van der Waals surface area contributed by atoms with E-state index < -0.39 is 5.97 Å². The van der Waals surface area contributed by atoms with Gasteiger partial charge in [0.05, 0.1) is 35.3 Å². The van der Waals surface area contributed by atoms with Crippen LogP contribution < -0.4 is 10.6 Å². The summed E-state index contributed by atoms with van der Waals surface area (Å²) in [6.07, 6.45) is 3.47. The summed E-state index contributed by atoms with van der Waals surface area (Å²) < 4.78 is 4.69. The van der Waals surface area contributed by atoms with Crippen molar-refractivity contribution in [3.8, 4) is 0 Å². The third-order valence-corrected chi connectivity index (χ3v) is 3.96. The fourth-order valence-electron chi connectivity index (χ4n) is 2.14. The first-order chi connectivity index (χ1) is 11.6. The van der Waals surface area contributed by atoms with Gasteiger partial charge in [0.15, 0.2) is 0 Å². The Labute approximate surface area is 144 Å². The number of hydrogen-bond acceptors (Lipinski definition) is 5. The number of rotatable bonds is 5. The standard InChI is InChI=1S/C17H16ClN3O3/c1-24-17(23)11-4-6-13(18)14(8-11)21-15-7-5-12(9-19-15)20-16(22)10-2-3-10/h4-10H,2-3H2,1H3,(H,19,21)(H,20,22). The highest BCUT2D eigenvalue weighted by molar-refractivity contribution is 6.33. The van der Waals surface area contributed by atoms with E-state index >= 15 is 0 Å². The highest BCUT2D eigenvalue weighted by Gasteiger charge is 2.29. The van der Waals surface area contributed by atoms with Crippen molar-refractivity contribution in [1.29, 1.82) is 0 Å². The summed E-state index contributed by atoms with van der Waals surface area (Å²) in [5, 5.41) is 6.32. The molecule has 6 nitrogen and oxygen atoms in total. The van der Waals surface area contributed by atoms with Crippen LogP contribution in [0.15, 0.2) is 36.5 Å². The molecule has 1 fully saturated rings. The minimum Gasteiger partial charge on any atom is -0.465 e. The summed E-state index contributed by atoms with van der Waals surface area (Å²) in [6, 6.07) is 8.28. The minimum atomic E-state index is -0.444. The summed E-state index contributed by atoms with van der Waals surface area (Å²) in [5.74, 6) is 0.276. The molecule has 1 saturated carbocycles. The SMILES string of the molecule is COC(=O)c1ccc(Cl)c(Nc2ccc(NC(=O)C3CC3)cn2)c1. The van der Waals surface area contributed by atoms with Crippen molar-refractivity contribution >= 4 is 40.7 Å². The monoisotopic (exact) mass is 345 g/mol. The van der Waals surface area contributed by atoms with Gasteiger partial charge in [0.1, 0.15) is 5.82 Å². The van der Waals surface area contributed by atoms with E-state index in [1.54, 1.807) is 36.5 Å². The van der Waals surface area contributed by atoms with E-state index in [1.165, 1.54) is 7.11 Å². The number of aromatic nitrogens is 1. The van der Waals surface area contributed by atoms with Crippen LogP contribution in [0.1, 0.15) is 23.2 Å². The van der Waals surface area contributed by atoms with Crippen molar-refractivity contribution in [2.45, 2.75) is 12.8 Å². The zero-order valence-corrected chi connectivity index (χ0v) is 13.8. The molecule has 0 bridgehead atoms. The summed E-state index contributed by atoms with van der Waals surface area (Å²) in [4.78, 5) is 27.5. The Morgan fingerprint density at radius 1 is 1.25 bits per heavy atom. The fraction of sp³-hybridized carbons (Fsp3) is 0.235. The number of amides is 1. The Morgan fingerprint density at radius 3 is 2.67 bits per heavy atom. The molecule has 2 aromatic rings. The van der Waals surface area contributed by atoms with E-state index in [-0.39, 0.29) is 11.8 Å². The van der Waals surface area contributed by atoms with Crippen molar-refractivity contribution in [2.24, 2.45) is 5.92 Å². The van der Waals surface area contributed by atoms with Gasteiger partial charge in [0.25, 0.3) is 0 Å². The minimum absolute atomic E-state index is 0.0336. The average molecular weight is 346 g/mol. The lowest BCUT2D eigenvalue weighted by Gasteiger charge is -2.10. The number of pyridine rings is 1. The Hall–Kier alpha value is -2.60. The van der Waals surface area contributed by atoms with Gasteiger partial charge in [-0.25, -0.2) is 9.78 Å². The molecule has 0 saturated heterocycles. The maximum atomic E-state index is 11.7. The molecule has 0 spiro atoms. The van der Waals surface area contributed by atoms with Crippen LogP contribution in [0, 0.1) is 5.92 Å². The van der Waals surface area contributed by atoms with E-state index in [9.17, 15) is 9.59 Å². The molecule has 0 unspecified atom stereocenters. The lowest BCUT2D eigenvalue weighted by Crippen LogP contribution is -2.13. The quantitative estimate of drug-likeness (QED) is 0.809. The lowest BCUT2D eigenvalue weighted by molar-refractivity contribution is -0.117.